The number of hydrogen-bond acceptors (Lipinski definition) is 3. The normalized spacial score (nSPS) is 15.9. The standard InChI is InChI=1S/C25H29N3/c1-2-4-6-8-13-21-18-17-20(12-7-5-3-1)25(27-21)24-16-11-15-23(28-24)22-14-9-10-19-26-22/h9-11,14-19H,1-8,12-13H2. The molecule has 3 heteroatoms. The largest absolute Gasteiger partial charge is 0.255 e. The van der Waals surface area contributed by atoms with Crippen LogP contribution in [0.25, 0.3) is 22.8 Å². The molecule has 2 aliphatic rings. The number of pyridine rings is 3. The third-order valence-electron chi connectivity index (χ3n) is 5.58. The van der Waals surface area contributed by atoms with Crippen molar-refractivity contribution in [2.24, 2.45) is 0 Å². The molecule has 4 heterocycles. The van der Waals surface area contributed by atoms with Crippen LogP contribution in [-0.4, -0.2) is 15.0 Å². The maximum Gasteiger partial charge on any atom is 0.0921 e. The molecule has 144 valence electrons. The lowest BCUT2D eigenvalue weighted by Gasteiger charge is -2.13. The summed E-state index contributed by atoms with van der Waals surface area (Å²) in [4.78, 5) is 14.4. The molecule has 0 fully saturated rings. The zero-order valence-electron chi connectivity index (χ0n) is 16.6. The summed E-state index contributed by atoms with van der Waals surface area (Å²) in [5.74, 6) is 0. The molecule has 0 atom stereocenters. The van der Waals surface area contributed by atoms with Gasteiger partial charge in [-0.15, -0.1) is 0 Å². The van der Waals surface area contributed by atoms with Crippen molar-refractivity contribution in [2.75, 3.05) is 0 Å². The molecule has 2 bridgehead atoms. The molecule has 28 heavy (non-hydrogen) atoms. The highest BCUT2D eigenvalue weighted by Crippen LogP contribution is 2.26. The zero-order chi connectivity index (χ0) is 19.0. The highest BCUT2D eigenvalue weighted by molar-refractivity contribution is 5.64. The molecule has 3 aromatic rings. The number of aryl methyl sites for hydroxylation is 2. The molecule has 0 unspecified atom stereocenters. The quantitative estimate of drug-likeness (QED) is 0.521. The number of fused-ring (bicyclic) bond motifs is 11. The van der Waals surface area contributed by atoms with Gasteiger partial charge < -0.3 is 0 Å². The minimum Gasteiger partial charge on any atom is -0.255 e. The molecule has 0 amide bonds. The van der Waals surface area contributed by atoms with E-state index in [0.29, 0.717) is 0 Å². The van der Waals surface area contributed by atoms with Crippen LogP contribution in [0.1, 0.15) is 62.6 Å². The van der Waals surface area contributed by atoms with Crippen molar-refractivity contribution in [1.29, 1.82) is 0 Å². The number of nitrogens with zero attached hydrogens (tertiary/aromatic N) is 3. The Morgan fingerprint density at radius 3 is 2.04 bits per heavy atom. The Hall–Kier alpha value is -2.55. The summed E-state index contributed by atoms with van der Waals surface area (Å²) in [6.45, 7) is 0. The second-order valence-corrected chi connectivity index (χ2v) is 7.76. The van der Waals surface area contributed by atoms with Crippen LogP contribution in [0.3, 0.4) is 0 Å². The first kappa shape index (κ1) is 18.8. The lowest BCUT2D eigenvalue weighted by Crippen LogP contribution is -2.01. The molecule has 1 aliphatic carbocycles. The van der Waals surface area contributed by atoms with Crippen LogP contribution in [0.5, 0.6) is 0 Å². The summed E-state index contributed by atoms with van der Waals surface area (Å²) in [5.41, 5.74) is 6.36. The van der Waals surface area contributed by atoms with Crippen LogP contribution < -0.4 is 0 Å². The SMILES string of the molecule is c1ccc(-c2cccc(-c3nc4ccc3CCCCCCCCCC4)n2)nc1. The first-order chi connectivity index (χ1) is 13.9. The molecule has 0 saturated carbocycles. The van der Waals surface area contributed by atoms with Crippen molar-refractivity contribution in [2.45, 2.75) is 64.2 Å². The number of hydrogen-bond donors (Lipinski definition) is 0. The van der Waals surface area contributed by atoms with Gasteiger partial charge in [0.05, 0.1) is 22.8 Å². The Kier molecular flexibility index (Phi) is 6.44. The summed E-state index contributed by atoms with van der Waals surface area (Å²) in [6.07, 6.45) is 14.5. The third kappa shape index (κ3) is 4.83. The van der Waals surface area contributed by atoms with Gasteiger partial charge in [-0.1, -0.05) is 56.7 Å². The van der Waals surface area contributed by atoms with Gasteiger partial charge in [0.15, 0.2) is 0 Å². The predicted octanol–water partition coefficient (Wildman–Crippen LogP) is 6.43. The monoisotopic (exact) mass is 371 g/mol. The summed E-state index contributed by atoms with van der Waals surface area (Å²) in [5, 5.41) is 0. The van der Waals surface area contributed by atoms with Gasteiger partial charge in [0.1, 0.15) is 0 Å². The van der Waals surface area contributed by atoms with E-state index in [1.165, 1.54) is 62.6 Å². The van der Waals surface area contributed by atoms with Crippen LogP contribution in [-0.2, 0) is 12.8 Å². The van der Waals surface area contributed by atoms with Gasteiger partial charge in [0, 0.05) is 11.9 Å². The molecule has 0 aromatic carbocycles. The molecule has 0 spiro atoms. The van der Waals surface area contributed by atoms with E-state index in [1.54, 1.807) is 0 Å². The third-order valence-corrected chi connectivity index (χ3v) is 5.58. The Labute approximate surface area is 168 Å². The summed E-state index contributed by atoms with van der Waals surface area (Å²) in [7, 11) is 0. The van der Waals surface area contributed by atoms with Crippen LogP contribution in [0.4, 0.5) is 0 Å². The Morgan fingerprint density at radius 2 is 1.25 bits per heavy atom. The summed E-state index contributed by atoms with van der Waals surface area (Å²) >= 11 is 0. The minimum absolute atomic E-state index is 0.907. The van der Waals surface area contributed by atoms with Gasteiger partial charge in [-0.2, -0.15) is 0 Å². The summed E-state index contributed by atoms with van der Waals surface area (Å²) in [6, 6.07) is 16.7. The predicted molar refractivity (Wildman–Crippen MR) is 115 cm³/mol. The highest BCUT2D eigenvalue weighted by Gasteiger charge is 2.12. The van der Waals surface area contributed by atoms with Gasteiger partial charge in [0.25, 0.3) is 0 Å². The van der Waals surface area contributed by atoms with E-state index in [4.69, 9.17) is 9.97 Å². The van der Waals surface area contributed by atoms with E-state index in [0.717, 1.165) is 35.6 Å². The number of rotatable bonds is 2. The van der Waals surface area contributed by atoms with Crippen LogP contribution in [0, 0.1) is 0 Å². The highest BCUT2D eigenvalue weighted by atomic mass is 14.8. The fourth-order valence-electron chi connectivity index (χ4n) is 4.00. The molecule has 3 aromatic heterocycles. The van der Waals surface area contributed by atoms with Gasteiger partial charge in [-0.25, -0.2) is 4.98 Å². The molecule has 0 radical (unpaired) electrons. The molecule has 0 saturated heterocycles. The van der Waals surface area contributed by atoms with Crippen molar-refractivity contribution in [3.8, 4) is 22.8 Å². The second kappa shape index (κ2) is 9.59. The molecule has 0 N–H and O–H groups in total. The van der Waals surface area contributed by atoms with Crippen molar-refractivity contribution in [1.82, 2.24) is 15.0 Å². The molecule has 1 aliphatic heterocycles. The van der Waals surface area contributed by atoms with E-state index in [9.17, 15) is 0 Å². The fourth-order valence-corrected chi connectivity index (χ4v) is 4.00. The van der Waals surface area contributed by atoms with Gasteiger partial charge >= 0.3 is 0 Å². The summed E-state index contributed by atoms with van der Waals surface area (Å²) < 4.78 is 0. The Balaban J connectivity index is 1.67. The first-order valence-electron chi connectivity index (χ1n) is 10.8. The van der Waals surface area contributed by atoms with Crippen molar-refractivity contribution >= 4 is 0 Å². The van der Waals surface area contributed by atoms with Crippen molar-refractivity contribution in [3.05, 3.63) is 66.0 Å². The van der Waals surface area contributed by atoms with Crippen molar-refractivity contribution < 1.29 is 0 Å². The topological polar surface area (TPSA) is 38.7 Å². The average Bonchev–Trinajstić information content (AvgIpc) is 2.76. The first-order valence-corrected chi connectivity index (χ1v) is 10.8. The minimum atomic E-state index is 0.907. The zero-order valence-corrected chi connectivity index (χ0v) is 16.6. The number of aromatic nitrogens is 3. The second-order valence-electron chi connectivity index (χ2n) is 7.76. The van der Waals surface area contributed by atoms with E-state index in [-0.39, 0.29) is 0 Å². The Morgan fingerprint density at radius 1 is 0.536 bits per heavy atom. The van der Waals surface area contributed by atoms with Crippen LogP contribution in [0.15, 0.2) is 54.7 Å². The lowest BCUT2D eigenvalue weighted by atomic mass is 9.99. The maximum atomic E-state index is 5.06. The van der Waals surface area contributed by atoms with E-state index in [2.05, 4.69) is 29.2 Å². The maximum absolute atomic E-state index is 5.06. The van der Waals surface area contributed by atoms with Gasteiger partial charge in [-0.05, 0) is 61.6 Å². The molecular formula is C25H29N3. The molecule has 3 nitrogen and oxygen atoms in total. The Bertz CT molecular complexity index is 889. The molecular weight excluding hydrogens is 342 g/mol. The molecule has 5 rings (SSSR count). The lowest BCUT2D eigenvalue weighted by molar-refractivity contribution is 0.564. The van der Waals surface area contributed by atoms with Gasteiger partial charge in [-0.3, -0.25) is 9.97 Å². The van der Waals surface area contributed by atoms with Gasteiger partial charge in [0.2, 0.25) is 0 Å². The van der Waals surface area contributed by atoms with E-state index < -0.39 is 0 Å². The van der Waals surface area contributed by atoms with E-state index in [1.807, 2.05) is 30.5 Å². The average molecular weight is 372 g/mol. The fraction of sp³-hybridized carbons (Fsp3) is 0.400. The van der Waals surface area contributed by atoms with Crippen LogP contribution in [0.2, 0.25) is 0 Å². The van der Waals surface area contributed by atoms with E-state index >= 15 is 0 Å². The van der Waals surface area contributed by atoms with Crippen LogP contribution >= 0.6 is 0 Å². The van der Waals surface area contributed by atoms with Crippen molar-refractivity contribution in [3.63, 3.8) is 0 Å². The smallest absolute Gasteiger partial charge is 0.0921 e.